The lowest BCUT2D eigenvalue weighted by molar-refractivity contribution is -0.163. The number of fused-ring (bicyclic) bond motifs is 1. The average Bonchev–Trinajstić information content (AvgIpc) is 3.64. The molecule has 0 saturated carbocycles. The minimum Gasteiger partial charge on any atom is -0.451 e. The van der Waals surface area contributed by atoms with Gasteiger partial charge in [0.1, 0.15) is 36.3 Å². The topological polar surface area (TPSA) is 216 Å². The highest BCUT2D eigenvalue weighted by Gasteiger charge is 2.40. The number of hydrogen-bond donors (Lipinski definition) is 3. The van der Waals surface area contributed by atoms with Gasteiger partial charge in [-0.25, -0.2) is 4.79 Å². The monoisotopic (exact) mass is 982 g/mol. The van der Waals surface area contributed by atoms with Crippen LogP contribution in [0.3, 0.4) is 0 Å². The summed E-state index contributed by atoms with van der Waals surface area (Å²) < 4.78 is 7.81. The van der Waals surface area contributed by atoms with Crippen LogP contribution >= 0.6 is 0 Å². The van der Waals surface area contributed by atoms with Gasteiger partial charge >= 0.3 is 5.97 Å². The van der Waals surface area contributed by atoms with Crippen molar-refractivity contribution < 1.29 is 38.3 Å². The van der Waals surface area contributed by atoms with E-state index in [0.717, 1.165) is 32.8 Å². The molecule has 1 aromatic carbocycles. The Balaban J connectivity index is 1.93. The molecule has 388 valence electrons. The fraction of sp³-hybridized carbons (Fsp3) is 0.611. The lowest BCUT2D eigenvalue weighted by Gasteiger charge is -2.35. The van der Waals surface area contributed by atoms with E-state index in [4.69, 9.17) is 9.72 Å². The van der Waals surface area contributed by atoms with Crippen LogP contribution in [0.2, 0.25) is 0 Å². The van der Waals surface area contributed by atoms with Gasteiger partial charge in [-0.05, 0) is 93.4 Å². The van der Waals surface area contributed by atoms with Gasteiger partial charge in [-0.2, -0.15) is 5.26 Å². The number of cyclic esters (lactones) is 1. The molecule has 4 rings (SSSR count). The summed E-state index contributed by atoms with van der Waals surface area (Å²) in [5, 5.41) is 19.1. The number of ether oxygens (including phenoxy) is 1. The number of nitrogens with zero attached hydrogens (tertiary/aromatic N) is 6. The molecule has 17 heteroatoms. The van der Waals surface area contributed by atoms with Crippen LogP contribution in [-0.4, -0.2) is 129 Å². The zero-order valence-electron chi connectivity index (χ0n) is 44.3. The summed E-state index contributed by atoms with van der Waals surface area (Å²) in [5.41, 5.74) is 3.34. The smallest absolute Gasteiger partial charge is 0.329 e. The van der Waals surface area contributed by atoms with E-state index in [-0.39, 0.29) is 68.6 Å². The van der Waals surface area contributed by atoms with Gasteiger partial charge < -0.3 is 40.0 Å². The zero-order valence-corrected chi connectivity index (χ0v) is 44.3. The van der Waals surface area contributed by atoms with Crippen molar-refractivity contribution in [1.29, 1.82) is 5.26 Å². The molecule has 1 fully saturated rings. The predicted molar refractivity (Wildman–Crippen MR) is 272 cm³/mol. The van der Waals surface area contributed by atoms with Gasteiger partial charge in [-0.15, -0.1) is 0 Å². The molecule has 0 spiro atoms. The number of esters is 1. The highest BCUT2D eigenvalue weighted by molar-refractivity contribution is 5.98. The lowest BCUT2D eigenvalue weighted by Crippen LogP contribution is -2.60. The second-order valence-corrected chi connectivity index (χ2v) is 21.0. The SMILES string of the molecule is Cc1cccc(Cn2cc(C[C@H]3C(=O)N[C@@H](CC(C)C)C(=O)N(C)[C@@H](C)C(=O)O[C@H](CCC#N)C(=O)N[C@@H](CC(C)C)C(=O)N(C)[C@@H](CCC(C)C)C(=O)N[C@@H](CC(C)C)C(=O)N3C)c3ccccc32)n1. The fourth-order valence-electron chi connectivity index (χ4n) is 9.03. The number of benzene rings is 1. The molecular formula is C54H79N9O8. The Kier molecular flexibility index (Phi) is 21.2. The van der Waals surface area contributed by atoms with Crippen LogP contribution in [0.15, 0.2) is 48.7 Å². The zero-order chi connectivity index (χ0) is 52.9. The lowest BCUT2D eigenvalue weighted by atomic mass is 9.96. The number of likely N-dealkylation sites (N-methyl/N-ethyl adjacent to an activating group) is 3. The van der Waals surface area contributed by atoms with E-state index < -0.39 is 83.8 Å². The first-order valence-corrected chi connectivity index (χ1v) is 25.2. The number of aryl methyl sites for hydroxylation is 1. The predicted octanol–water partition coefficient (Wildman–Crippen LogP) is 5.69. The number of carbonyl (C=O) groups is 7. The molecule has 1 aliphatic rings. The Labute approximate surface area is 420 Å². The van der Waals surface area contributed by atoms with Crippen molar-refractivity contribution in [2.24, 2.45) is 23.7 Å². The molecule has 3 heterocycles. The Morgan fingerprint density at radius 3 is 1.72 bits per heavy atom. The van der Waals surface area contributed by atoms with Crippen LogP contribution in [0.4, 0.5) is 0 Å². The van der Waals surface area contributed by atoms with Gasteiger partial charge in [-0.3, -0.25) is 33.8 Å². The number of carbonyl (C=O) groups excluding carboxylic acids is 7. The van der Waals surface area contributed by atoms with Gasteiger partial charge in [0.25, 0.3) is 5.91 Å². The van der Waals surface area contributed by atoms with Crippen molar-refractivity contribution in [1.82, 2.24) is 40.2 Å². The van der Waals surface area contributed by atoms with E-state index in [2.05, 4.69) is 20.5 Å². The van der Waals surface area contributed by atoms with Crippen LogP contribution in [0.25, 0.3) is 10.9 Å². The number of pyridine rings is 1. The van der Waals surface area contributed by atoms with Crippen LogP contribution in [0.1, 0.15) is 124 Å². The van der Waals surface area contributed by atoms with E-state index in [1.165, 1.54) is 37.9 Å². The van der Waals surface area contributed by atoms with E-state index in [1.807, 2.05) is 117 Å². The summed E-state index contributed by atoms with van der Waals surface area (Å²) in [5.74, 6) is -4.88. The Morgan fingerprint density at radius 2 is 1.18 bits per heavy atom. The minimum atomic E-state index is -1.50. The third-order valence-corrected chi connectivity index (χ3v) is 13.1. The number of nitrogens with one attached hydrogen (secondary N) is 3. The maximum absolute atomic E-state index is 15.2. The molecule has 0 bridgehead atoms. The molecule has 0 unspecified atom stereocenters. The van der Waals surface area contributed by atoms with Crippen molar-refractivity contribution in [3.05, 3.63) is 65.6 Å². The van der Waals surface area contributed by atoms with E-state index in [0.29, 0.717) is 13.0 Å². The number of rotatable bonds is 15. The molecule has 0 aliphatic carbocycles. The van der Waals surface area contributed by atoms with Crippen LogP contribution in [-0.2, 0) is 51.3 Å². The quantitative estimate of drug-likeness (QED) is 0.158. The molecule has 2 aromatic heterocycles. The van der Waals surface area contributed by atoms with Gasteiger partial charge in [0.15, 0.2) is 6.10 Å². The molecule has 0 radical (unpaired) electrons. The molecule has 3 aromatic rings. The van der Waals surface area contributed by atoms with E-state index in [1.54, 1.807) is 0 Å². The van der Waals surface area contributed by atoms with E-state index in [9.17, 15) is 29.2 Å². The summed E-state index contributed by atoms with van der Waals surface area (Å²) >= 11 is 0. The molecule has 1 aliphatic heterocycles. The normalized spacial score (nSPS) is 23.0. The largest absolute Gasteiger partial charge is 0.451 e. The fourth-order valence-corrected chi connectivity index (χ4v) is 9.03. The number of para-hydroxylation sites is 1. The van der Waals surface area contributed by atoms with Crippen molar-refractivity contribution in [3.63, 3.8) is 0 Å². The summed E-state index contributed by atoms with van der Waals surface area (Å²) in [4.78, 5) is 111. The maximum atomic E-state index is 15.2. The average molecular weight is 982 g/mol. The summed E-state index contributed by atoms with van der Waals surface area (Å²) in [6.07, 6.45) is 1.43. The molecule has 3 N–H and O–H groups in total. The molecule has 1 saturated heterocycles. The Morgan fingerprint density at radius 1 is 0.662 bits per heavy atom. The van der Waals surface area contributed by atoms with Crippen LogP contribution in [0, 0.1) is 41.9 Å². The van der Waals surface area contributed by atoms with Crippen molar-refractivity contribution >= 4 is 52.3 Å². The molecular weight excluding hydrogens is 903 g/mol. The number of nitriles is 1. The van der Waals surface area contributed by atoms with Gasteiger partial charge in [-0.1, -0.05) is 79.7 Å². The molecule has 17 nitrogen and oxygen atoms in total. The first-order valence-electron chi connectivity index (χ1n) is 25.2. The van der Waals surface area contributed by atoms with Crippen LogP contribution in [0.5, 0.6) is 0 Å². The van der Waals surface area contributed by atoms with Gasteiger partial charge in [0.2, 0.25) is 29.5 Å². The Hall–Kier alpha value is -6.31. The summed E-state index contributed by atoms with van der Waals surface area (Å²) in [6, 6.07) is 8.55. The number of amides is 6. The van der Waals surface area contributed by atoms with Crippen molar-refractivity contribution in [3.8, 4) is 6.07 Å². The van der Waals surface area contributed by atoms with Crippen LogP contribution < -0.4 is 16.0 Å². The highest BCUT2D eigenvalue weighted by Crippen LogP contribution is 2.26. The second-order valence-electron chi connectivity index (χ2n) is 21.0. The molecule has 6 amide bonds. The van der Waals surface area contributed by atoms with Gasteiger partial charge in [0.05, 0.1) is 18.3 Å². The van der Waals surface area contributed by atoms with Crippen molar-refractivity contribution in [2.45, 2.75) is 170 Å². The maximum Gasteiger partial charge on any atom is 0.329 e. The van der Waals surface area contributed by atoms with Crippen molar-refractivity contribution in [2.75, 3.05) is 21.1 Å². The first kappa shape index (κ1) is 57.3. The Bertz CT molecular complexity index is 2390. The van der Waals surface area contributed by atoms with E-state index >= 15 is 9.59 Å². The number of hydrogen-bond acceptors (Lipinski definition) is 10. The third kappa shape index (κ3) is 15.8. The highest BCUT2D eigenvalue weighted by atomic mass is 16.5. The van der Waals surface area contributed by atoms with Gasteiger partial charge in [0, 0.05) is 63.2 Å². The molecule has 71 heavy (non-hydrogen) atoms. The minimum absolute atomic E-state index is 0.0168. The molecule has 7 atom stereocenters. The first-order chi connectivity index (χ1) is 33.4. The standard InChI is InChI=1S/C54H79N9O8/c1-32(2)23-24-45-48(64)57-42(27-34(5)6)53(69)62(13)46(29-38-30-63(44-21-15-14-20-40(38)44)31-39-19-16-18-36(9)56-39)49(65)58-41(26-33(3)4)51(67)60(11)37(10)54(70)71-47(22-17-25-55)50(66)59-43(28-35(7)8)52(68)61(45)12/h14-16,18-21,30,32-35,37,41-43,45-47H,17,22-24,26-29,31H2,1-13H3,(H,57,64)(H,58,65)(H,59,66)/t37-,41-,42-,43-,45-,46-,47+/m0/s1. The summed E-state index contributed by atoms with van der Waals surface area (Å²) in [7, 11) is 4.42. The second kappa shape index (κ2) is 26.2. The third-order valence-electron chi connectivity index (χ3n) is 13.1. The number of aromatic nitrogens is 2. The summed E-state index contributed by atoms with van der Waals surface area (Å²) in [6.45, 7) is 19.2.